The molecule has 1 fully saturated rings. The second-order valence-electron chi connectivity index (χ2n) is 8.96. The van der Waals surface area contributed by atoms with Crippen LogP contribution in [0, 0.1) is 11.3 Å². The van der Waals surface area contributed by atoms with E-state index in [-0.39, 0.29) is 19.2 Å². The molecule has 10 nitrogen and oxygen atoms in total. The van der Waals surface area contributed by atoms with Gasteiger partial charge in [0.15, 0.2) is 5.54 Å². The smallest absolute Gasteiger partial charge is 0.273 e. The molecule has 10 heteroatoms. The molecule has 0 saturated carbocycles. The van der Waals surface area contributed by atoms with Gasteiger partial charge in [-0.3, -0.25) is 9.69 Å². The zero-order valence-electron chi connectivity index (χ0n) is 19.8. The first kappa shape index (κ1) is 22.1. The van der Waals surface area contributed by atoms with Crippen LogP contribution in [-0.2, 0) is 31.2 Å². The van der Waals surface area contributed by atoms with E-state index in [2.05, 4.69) is 33.0 Å². The van der Waals surface area contributed by atoms with Crippen molar-refractivity contribution in [2.24, 2.45) is 7.05 Å². The van der Waals surface area contributed by atoms with Gasteiger partial charge in [0, 0.05) is 12.1 Å². The number of fused-ring (bicyclic) bond motifs is 3. The van der Waals surface area contributed by atoms with E-state index in [4.69, 9.17) is 9.47 Å². The molecule has 2 aliphatic heterocycles. The van der Waals surface area contributed by atoms with Gasteiger partial charge in [0.05, 0.1) is 38.1 Å². The number of amides is 1. The molecule has 176 valence electrons. The topological polar surface area (TPSA) is 111 Å². The van der Waals surface area contributed by atoms with Crippen molar-refractivity contribution in [1.29, 1.82) is 5.26 Å². The molecule has 34 heavy (non-hydrogen) atoms. The molecule has 0 spiro atoms. The predicted octanol–water partition coefficient (Wildman–Crippen LogP) is 2.57. The maximum absolute atomic E-state index is 13.6. The summed E-state index contributed by atoms with van der Waals surface area (Å²) in [6.07, 6.45) is 2.52. The summed E-state index contributed by atoms with van der Waals surface area (Å²) in [5, 5.41) is 22.2. The minimum absolute atomic E-state index is 0.114. The van der Waals surface area contributed by atoms with Gasteiger partial charge in [-0.05, 0) is 54.3 Å². The number of aromatic nitrogens is 5. The average Bonchev–Trinajstić information content (AvgIpc) is 3.55. The number of tetrazole rings is 1. The molecule has 5 rings (SSSR count). The number of carbonyl (C=O) groups is 1. The van der Waals surface area contributed by atoms with Crippen molar-refractivity contribution in [3.8, 4) is 34.5 Å². The summed E-state index contributed by atoms with van der Waals surface area (Å²) >= 11 is 0. The molecule has 0 bridgehead atoms. The Bertz CT molecular complexity index is 1320. The van der Waals surface area contributed by atoms with E-state index >= 15 is 0 Å². The highest BCUT2D eigenvalue weighted by molar-refractivity contribution is 5.96. The average molecular weight is 462 g/mol. The normalized spacial score (nSPS) is 19.0. The SMILES string of the molecule is CCCc1cc(C(=O)N2COC[C@]2(C)C#N)n2c1-c1cc(-c3nnn(C)n3)c(OC)cc1CC2. The molecule has 1 aromatic carbocycles. The lowest BCUT2D eigenvalue weighted by Gasteiger charge is -2.28. The third-order valence-electron chi connectivity index (χ3n) is 6.63. The van der Waals surface area contributed by atoms with Gasteiger partial charge in [0.25, 0.3) is 5.91 Å². The monoisotopic (exact) mass is 461 g/mol. The Kier molecular flexibility index (Phi) is 5.37. The van der Waals surface area contributed by atoms with Crippen LogP contribution in [0.25, 0.3) is 22.6 Å². The third kappa shape index (κ3) is 3.35. The number of hydrogen-bond donors (Lipinski definition) is 0. The van der Waals surface area contributed by atoms with Gasteiger partial charge in [-0.15, -0.1) is 10.2 Å². The summed E-state index contributed by atoms with van der Waals surface area (Å²) in [7, 11) is 3.36. The fraction of sp³-hybridized carbons (Fsp3) is 0.458. The standard InChI is InChI=1S/C24H27N7O3/c1-5-6-16-9-19(23(32)31-14-34-13-24(31,2)12-25)30-8-7-15-10-20(33-4)18(11-17(15)21(16)30)22-26-28-29(3)27-22/h9-11H,5-8,13-14H2,1-4H3/t24-/m0/s1. The Balaban J connectivity index is 1.66. The van der Waals surface area contributed by atoms with Crippen molar-refractivity contribution in [3.05, 3.63) is 35.0 Å². The summed E-state index contributed by atoms with van der Waals surface area (Å²) in [5.41, 5.74) is 4.69. The fourth-order valence-corrected chi connectivity index (χ4v) is 4.88. The molecule has 1 atom stereocenters. The maximum Gasteiger partial charge on any atom is 0.273 e. The minimum atomic E-state index is -0.975. The number of ether oxygens (including phenoxy) is 2. The number of methoxy groups -OCH3 is 1. The van der Waals surface area contributed by atoms with Crippen molar-refractivity contribution < 1.29 is 14.3 Å². The Morgan fingerprint density at radius 1 is 1.32 bits per heavy atom. The Morgan fingerprint density at radius 2 is 2.15 bits per heavy atom. The lowest BCUT2D eigenvalue weighted by Crippen LogP contribution is -2.46. The third-order valence-corrected chi connectivity index (χ3v) is 6.63. The Labute approximate surface area is 197 Å². The van der Waals surface area contributed by atoms with E-state index in [9.17, 15) is 10.1 Å². The number of nitrogens with zero attached hydrogens (tertiary/aromatic N) is 7. The first-order chi connectivity index (χ1) is 16.4. The van der Waals surface area contributed by atoms with Crippen LogP contribution in [0.1, 0.15) is 41.9 Å². The first-order valence-corrected chi connectivity index (χ1v) is 11.4. The highest BCUT2D eigenvalue weighted by Gasteiger charge is 2.43. The largest absolute Gasteiger partial charge is 0.496 e. The van der Waals surface area contributed by atoms with Crippen LogP contribution in [0.2, 0.25) is 0 Å². The van der Waals surface area contributed by atoms with Crippen molar-refractivity contribution in [1.82, 2.24) is 29.7 Å². The van der Waals surface area contributed by atoms with Crippen molar-refractivity contribution >= 4 is 5.91 Å². The first-order valence-electron chi connectivity index (χ1n) is 11.4. The highest BCUT2D eigenvalue weighted by Crippen LogP contribution is 2.41. The van der Waals surface area contributed by atoms with Crippen LogP contribution in [0.4, 0.5) is 0 Å². The molecule has 0 aliphatic carbocycles. The molecule has 0 radical (unpaired) electrons. The van der Waals surface area contributed by atoms with Crippen LogP contribution in [0.5, 0.6) is 5.75 Å². The van der Waals surface area contributed by atoms with Crippen molar-refractivity contribution in [3.63, 3.8) is 0 Å². The van der Waals surface area contributed by atoms with Crippen LogP contribution < -0.4 is 4.74 Å². The molecule has 1 saturated heterocycles. The van der Waals surface area contributed by atoms with E-state index in [0.29, 0.717) is 23.8 Å². The molecular formula is C24H27N7O3. The van der Waals surface area contributed by atoms with Gasteiger partial charge in [-0.25, -0.2) is 0 Å². The highest BCUT2D eigenvalue weighted by atomic mass is 16.5. The zero-order chi connectivity index (χ0) is 24.0. The van der Waals surface area contributed by atoms with E-state index in [1.807, 2.05) is 18.2 Å². The quantitative estimate of drug-likeness (QED) is 0.574. The van der Waals surface area contributed by atoms with E-state index in [0.717, 1.165) is 47.2 Å². The summed E-state index contributed by atoms with van der Waals surface area (Å²) < 4.78 is 13.2. The molecule has 0 unspecified atom stereocenters. The van der Waals surface area contributed by atoms with Gasteiger partial charge in [-0.2, -0.15) is 10.1 Å². The number of aryl methyl sites for hydroxylation is 3. The van der Waals surface area contributed by atoms with Gasteiger partial charge in [0.2, 0.25) is 5.82 Å². The lowest BCUT2D eigenvalue weighted by atomic mass is 9.92. The molecule has 4 heterocycles. The van der Waals surface area contributed by atoms with Crippen LogP contribution in [0.3, 0.4) is 0 Å². The minimum Gasteiger partial charge on any atom is -0.496 e. The summed E-state index contributed by atoms with van der Waals surface area (Å²) in [6.45, 7) is 4.85. The number of carbonyl (C=O) groups excluding carboxylic acids is 1. The maximum atomic E-state index is 13.6. The number of benzene rings is 1. The number of hydrogen-bond acceptors (Lipinski definition) is 7. The number of nitriles is 1. The second kappa shape index (κ2) is 8.25. The fourth-order valence-electron chi connectivity index (χ4n) is 4.88. The summed E-state index contributed by atoms with van der Waals surface area (Å²) in [6, 6.07) is 8.31. The van der Waals surface area contributed by atoms with Crippen molar-refractivity contribution in [2.75, 3.05) is 20.4 Å². The zero-order valence-corrected chi connectivity index (χ0v) is 19.8. The van der Waals surface area contributed by atoms with Crippen LogP contribution in [-0.4, -0.2) is 61.6 Å². The molecule has 3 aromatic rings. The van der Waals surface area contributed by atoms with E-state index in [1.54, 1.807) is 21.1 Å². The van der Waals surface area contributed by atoms with Gasteiger partial charge in [-0.1, -0.05) is 13.3 Å². The van der Waals surface area contributed by atoms with Crippen LogP contribution >= 0.6 is 0 Å². The summed E-state index contributed by atoms with van der Waals surface area (Å²) in [5.74, 6) is 0.996. The molecule has 2 aromatic heterocycles. The Hall–Kier alpha value is -3.71. The summed E-state index contributed by atoms with van der Waals surface area (Å²) in [4.78, 5) is 16.6. The van der Waals surface area contributed by atoms with Crippen LogP contribution in [0.15, 0.2) is 18.2 Å². The van der Waals surface area contributed by atoms with Gasteiger partial charge < -0.3 is 14.0 Å². The lowest BCUT2D eigenvalue weighted by molar-refractivity contribution is 0.0621. The molecule has 2 aliphatic rings. The second-order valence-corrected chi connectivity index (χ2v) is 8.96. The predicted molar refractivity (Wildman–Crippen MR) is 123 cm³/mol. The van der Waals surface area contributed by atoms with Gasteiger partial charge >= 0.3 is 0 Å². The number of rotatable bonds is 5. The molecule has 1 amide bonds. The van der Waals surface area contributed by atoms with E-state index < -0.39 is 5.54 Å². The Morgan fingerprint density at radius 3 is 2.82 bits per heavy atom. The molecular weight excluding hydrogens is 434 g/mol. The van der Waals surface area contributed by atoms with Gasteiger partial charge in [0.1, 0.15) is 18.2 Å². The van der Waals surface area contributed by atoms with E-state index in [1.165, 1.54) is 9.70 Å². The molecule has 0 N–H and O–H groups in total. The van der Waals surface area contributed by atoms with Crippen molar-refractivity contribution in [2.45, 2.75) is 45.2 Å².